The number of rotatable bonds is 9. The zero-order valence-corrected chi connectivity index (χ0v) is 20.4. The Morgan fingerprint density at radius 1 is 1.06 bits per heavy atom. The summed E-state index contributed by atoms with van der Waals surface area (Å²) in [6.45, 7) is 4.70. The fourth-order valence-corrected chi connectivity index (χ4v) is 5.87. The van der Waals surface area contributed by atoms with E-state index in [2.05, 4.69) is 10.6 Å². The molecule has 1 aliphatic rings. The second-order valence-electron chi connectivity index (χ2n) is 8.71. The first-order chi connectivity index (χ1) is 16.4. The number of carbonyl (C=O) groups excluding carboxylic acids is 1. The van der Waals surface area contributed by atoms with Crippen molar-refractivity contribution in [2.75, 3.05) is 31.5 Å². The van der Waals surface area contributed by atoms with Gasteiger partial charge in [-0.2, -0.15) is 4.31 Å². The van der Waals surface area contributed by atoms with Gasteiger partial charge in [-0.05, 0) is 61.7 Å². The monoisotopic (exact) mass is 483 g/mol. The fraction of sp³-hybridized carbons (Fsp3) is 0.400. The molecule has 34 heavy (non-hydrogen) atoms. The van der Waals surface area contributed by atoms with Crippen LogP contribution in [0.2, 0.25) is 0 Å². The first-order valence-electron chi connectivity index (χ1n) is 11.8. The molecular formula is C25H33N5O3S. The van der Waals surface area contributed by atoms with Gasteiger partial charge in [-0.15, -0.1) is 0 Å². The van der Waals surface area contributed by atoms with Crippen LogP contribution < -0.4 is 16.4 Å². The summed E-state index contributed by atoms with van der Waals surface area (Å²) in [7, 11) is -3.49. The topological polar surface area (TPSA) is 109 Å². The lowest BCUT2D eigenvalue weighted by Gasteiger charge is -2.26. The maximum Gasteiger partial charge on any atom is 0.243 e. The van der Waals surface area contributed by atoms with Crippen LogP contribution in [0.25, 0.3) is 10.9 Å². The third-order valence-electron chi connectivity index (χ3n) is 6.34. The molecule has 3 aromatic rings. The van der Waals surface area contributed by atoms with E-state index in [-0.39, 0.29) is 5.91 Å². The van der Waals surface area contributed by atoms with Gasteiger partial charge in [-0.3, -0.25) is 4.79 Å². The summed E-state index contributed by atoms with van der Waals surface area (Å²) < 4.78 is 29.5. The quantitative estimate of drug-likeness (QED) is 0.433. The Labute approximate surface area is 201 Å². The van der Waals surface area contributed by atoms with Crippen LogP contribution in [-0.4, -0.2) is 49.4 Å². The number of nitrogens with zero attached hydrogens (tertiary/aromatic N) is 2. The molecule has 4 N–H and O–H groups in total. The molecular weight excluding hydrogens is 450 g/mol. The molecule has 8 nitrogen and oxygen atoms in total. The number of sulfonamides is 1. The number of hydrogen-bond donors (Lipinski definition) is 3. The van der Waals surface area contributed by atoms with Gasteiger partial charge in [0.25, 0.3) is 0 Å². The van der Waals surface area contributed by atoms with Crippen molar-refractivity contribution in [2.45, 2.75) is 43.7 Å². The largest absolute Gasteiger partial charge is 0.384 e. The highest BCUT2D eigenvalue weighted by Gasteiger charge is 2.26. The molecule has 1 amide bonds. The number of benzene rings is 2. The summed E-state index contributed by atoms with van der Waals surface area (Å²) in [6.07, 6.45) is 4.72. The zero-order valence-electron chi connectivity index (χ0n) is 19.5. The van der Waals surface area contributed by atoms with Crippen LogP contribution in [0, 0.1) is 0 Å². The van der Waals surface area contributed by atoms with Crippen LogP contribution in [0.5, 0.6) is 0 Å². The van der Waals surface area contributed by atoms with Crippen molar-refractivity contribution in [3.8, 4) is 0 Å². The minimum atomic E-state index is -3.49. The lowest BCUT2D eigenvalue weighted by molar-refractivity contribution is -0.123. The predicted octanol–water partition coefficient (Wildman–Crippen LogP) is 3.06. The number of aromatic nitrogens is 1. The third-order valence-corrected chi connectivity index (χ3v) is 8.23. The zero-order chi connectivity index (χ0) is 24.1. The van der Waals surface area contributed by atoms with Crippen LogP contribution in [0.3, 0.4) is 0 Å². The average molecular weight is 484 g/mol. The average Bonchev–Trinajstić information content (AvgIpc) is 3.30. The van der Waals surface area contributed by atoms with Crippen molar-refractivity contribution in [1.29, 1.82) is 0 Å². The van der Waals surface area contributed by atoms with E-state index in [4.69, 9.17) is 5.73 Å². The molecule has 0 spiro atoms. The summed E-state index contributed by atoms with van der Waals surface area (Å²) in [5, 5.41) is 7.01. The van der Waals surface area contributed by atoms with E-state index >= 15 is 0 Å². The van der Waals surface area contributed by atoms with Gasteiger partial charge >= 0.3 is 0 Å². The second-order valence-corrected chi connectivity index (χ2v) is 10.7. The first-order valence-corrected chi connectivity index (χ1v) is 13.3. The molecule has 1 fully saturated rings. The lowest BCUT2D eigenvalue weighted by atomic mass is 10.2. The predicted molar refractivity (Wildman–Crippen MR) is 135 cm³/mol. The van der Waals surface area contributed by atoms with Gasteiger partial charge in [-0.1, -0.05) is 18.6 Å². The Balaban J connectivity index is 1.43. The molecule has 182 valence electrons. The maximum atomic E-state index is 13.0. The molecule has 2 heterocycles. The SMILES string of the molecule is CC(C(=O)NCc1ccc(NCCN)cc1)n1ccc2cc(S(=O)(=O)N3CCCCC3)ccc21. The molecule has 0 radical (unpaired) electrons. The van der Waals surface area contributed by atoms with E-state index in [0.29, 0.717) is 37.6 Å². The molecule has 1 aromatic heterocycles. The third kappa shape index (κ3) is 5.27. The van der Waals surface area contributed by atoms with E-state index in [1.54, 1.807) is 22.5 Å². The fourth-order valence-electron chi connectivity index (χ4n) is 4.31. The Bertz CT molecular complexity index is 1230. The van der Waals surface area contributed by atoms with E-state index in [1.165, 1.54) is 0 Å². The number of nitrogens with one attached hydrogen (secondary N) is 2. The molecule has 1 atom stereocenters. The van der Waals surface area contributed by atoms with Crippen molar-refractivity contribution in [1.82, 2.24) is 14.2 Å². The van der Waals surface area contributed by atoms with E-state index in [0.717, 1.165) is 41.4 Å². The number of anilines is 1. The molecule has 1 saturated heterocycles. The number of fused-ring (bicyclic) bond motifs is 1. The number of piperidine rings is 1. The normalized spacial score (nSPS) is 15.8. The first kappa shape index (κ1) is 24.3. The molecule has 2 aromatic carbocycles. The number of nitrogens with two attached hydrogens (primary N) is 1. The lowest BCUT2D eigenvalue weighted by Crippen LogP contribution is -2.35. The Morgan fingerprint density at radius 2 is 1.79 bits per heavy atom. The molecule has 0 aliphatic carbocycles. The van der Waals surface area contributed by atoms with Crippen molar-refractivity contribution in [3.05, 3.63) is 60.3 Å². The molecule has 9 heteroatoms. The smallest absolute Gasteiger partial charge is 0.243 e. The Kier molecular flexibility index (Phi) is 7.55. The minimum Gasteiger partial charge on any atom is -0.384 e. The standard InChI is InChI=1S/C25H33N5O3S/c1-19(25(31)28-18-20-5-7-22(8-6-20)27-13-12-26)30-16-11-21-17-23(9-10-24(21)30)34(32,33)29-14-3-2-4-15-29/h5-11,16-17,19,27H,2-4,12-15,18,26H2,1H3,(H,28,31). The van der Waals surface area contributed by atoms with Crippen LogP contribution >= 0.6 is 0 Å². The van der Waals surface area contributed by atoms with Crippen molar-refractivity contribution < 1.29 is 13.2 Å². The van der Waals surface area contributed by atoms with Crippen LogP contribution in [0.15, 0.2) is 59.6 Å². The number of amides is 1. The van der Waals surface area contributed by atoms with Gasteiger partial charge < -0.3 is 20.9 Å². The van der Waals surface area contributed by atoms with Crippen molar-refractivity contribution in [2.24, 2.45) is 5.73 Å². The minimum absolute atomic E-state index is 0.104. The Morgan fingerprint density at radius 3 is 2.50 bits per heavy atom. The molecule has 4 rings (SSSR count). The highest BCUT2D eigenvalue weighted by atomic mass is 32.2. The van der Waals surface area contributed by atoms with Gasteiger partial charge in [0.1, 0.15) is 6.04 Å². The summed E-state index contributed by atoms with van der Waals surface area (Å²) in [5.41, 5.74) is 8.33. The summed E-state index contributed by atoms with van der Waals surface area (Å²) in [4.78, 5) is 13.1. The Hall–Kier alpha value is -2.88. The van der Waals surface area contributed by atoms with Gasteiger partial charge in [0.05, 0.1) is 4.90 Å². The van der Waals surface area contributed by atoms with Gasteiger partial charge in [0.15, 0.2) is 0 Å². The van der Waals surface area contributed by atoms with E-state index < -0.39 is 16.1 Å². The number of hydrogen-bond acceptors (Lipinski definition) is 5. The van der Waals surface area contributed by atoms with Crippen LogP contribution in [0.1, 0.15) is 37.8 Å². The summed E-state index contributed by atoms with van der Waals surface area (Å²) in [5.74, 6) is -0.104. The molecule has 1 aliphatic heterocycles. The summed E-state index contributed by atoms with van der Waals surface area (Å²) >= 11 is 0. The van der Waals surface area contributed by atoms with E-state index in [9.17, 15) is 13.2 Å². The van der Waals surface area contributed by atoms with E-state index in [1.807, 2.05) is 48.0 Å². The van der Waals surface area contributed by atoms with Crippen molar-refractivity contribution in [3.63, 3.8) is 0 Å². The second kappa shape index (κ2) is 10.6. The maximum absolute atomic E-state index is 13.0. The van der Waals surface area contributed by atoms with Crippen LogP contribution in [0.4, 0.5) is 5.69 Å². The van der Waals surface area contributed by atoms with Gasteiger partial charge in [-0.25, -0.2) is 8.42 Å². The molecule has 0 saturated carbocycles. The molecule has 1 unspecified atom stereocenters. The highest BCUT2D eigenvalue weighted by Crippen LogP contribution is 2.26. The summed E-state index contributed by atoms with van der Waals surface area (Å²) in [6, 6.07) is 14.5. The van der Waals surface area contributed by atoms with Gasteiger partial charge in [0, 0.05) is 55.5 Å². The highest BCUT2D eigenvalue weighted by molar-refractivity contribution is 7.89. The number of carbonyl (C=O) groups is 1. The molecule has 0 bridgehead atoms. The van der Waals surface area contributed by atoms with Crippen LogP contribution in [-0.2, 0) is 21.4 Å². The van der Waals surface area contributed by atoms with Gasteiger partial charge in [0.2, 0.25) is 15.9 Å². The van der Waals surface area contributed by atoms with Crippen molar-refractivity contribution >= 4 is 32.5 Å².